The van der Waals surface area contributed by atoms with Gasteiger partial charge in [-0.15, -0.1) is 5.10 Å². The van der Waals surface area contributed by atoms with Crippen LogP contribution in [0.3, 0.4) is 0 Å². The predicted molar refractivity (Wildman–Crippen MR) is 58.6 cm³/mol. The molecule has 1 aliphatic heterocycles. The van der Waals surface area contributed by atoms with Crippen LogP contribution in [0, 0.1) is 0 Å². The summed E-state index contributed by atoms with van der Waals surface area (Å²) in [6, 6.07) is 7.80. The van der Waals surface area contributed by atoms with Gasteiger partial charge in [-0.05, 0) is 18.6 Å². The molecule has 0 bridgehead atoms. The molecule has 1 atom stereocenters. The van der Waals surface area contributed by atoms with Gasteiger partial charge in [-0.25, -0.2) is 4.68 Å². The highest BCUT2D eigenvalue weighted by Gasteiger charge is 2.30. The summed E-state index contributed by atoms with van der Waals surface area (Å²) in [6.07, 6.45) is 1.41. The standard InChI is InChI=1S/C11H12N4O/c1-14-10(6-7-11(14)16)15-9-5-3-2-4-8(9)12-13-15/h2-5,10H,6-7H2,1H3/t10-/m1/s1. The quantitative estimate of drug-likeness (QED) is 0.719. The molecule has 5 heteroatoms. The highest BCUT2D eigenvalue weighted by atomic mass is 16.2. The van der Waals surface area contributed by atoms with Gasteiger partial charge in [0.2, 0.25) is 5.91 Å². The van der Waals surface area contributed by atoms with Crippen molar-refractivity contribution in [2.75, 3.05) is 7.05 Å². The molecule has 1 amide bonds. The third kappa shape index (κ3) is 1.21. The molecule has 1 aromatic carbocycles. The lowest BCUT2D eigenvalue weighted by atomic mass is 10.3. The number of nitrogens with zero attached hydrogens (tertiary/aromatic N) is 4. The Bertz CT molecular complexity index is 548. The molecular formula is C11H12N4O. The largest absolute Gasteiger partial charge is 0.323 e. The van der Waals surface area contributed by atoms with Gasteiger partial charge < -0.3 is 4.90 Å². The van der Waals surface area contributed by atoms with E-state index in [4.69, 9.17) is 0 Å². The van der Waals surface area contributed by atoms with Gasteiger partial charge in [-0.1, -0.05) is 17.3 Å². The van der Waals surface area contributed by atoms with Gasteiger partial charge in [-0.2, -0.15) is 0 Å². The van der Waals surface area contributed by atoms with Crippen LogP contribution in [0.15, 0.2) is 24.3 Å². The predicted octanol–water partition coefficient (Wildman–Crippen LogP) is 1.18. The van der Waals surface area contributed by atoms with E-state index in [1.54, 1.807) is 4.90 Å². The van der Waals surface area contributed by atoms with Gasteiger partial charge in [0, 0.05) is 13.5 Å². The van der Waals surface area contributed by atoms with Crippen LogP contribution < -0.4 is 0 Å². The first kappa shape index (κ1) is 9.33. The molecule has 1 fully saturated rings. The molecule has 0 N–H and O–H groups in total. The number of benzene rings is 1. The van der Waals surface area contributed by atoms with Crippen molar-refractivity contribution >= 4 is 16.9 Å². The van der Waals surface area contributed by atoms with Crippen molar-refractivity contribution < 1.29 is 4.79 Å². The Kier molecular flexibility index (Phi) is 1.92. The second-order valence-corrected chi connectivity index (χ2v) is 4.05. The third-order valence-electron chi connectivity index (χ3n) is 3.12. The summed E-state index contributed by atoms with van der Waals surface area (Å²) in [7, 11) is 1.82. The summed E-state index contributed by atoms with van der Waals surface area (Å²) in [5.74, 6) is 0.171. The van der Waals surface area contributed by atoms with E-state index < -0.39 is 0 Å². The van der Waals surface area contributed by atoms with Crippen LogP contribution in [0.25, 0.3) is 11.0 Å². The summed E-state index contributed by atoms with van der Waals surface area (Å²) < 4.78 is 1.83. The van der Waals surface area contributed by atoms with Gasteiger partial charge in [0.25, 0.3) is 0 Å². The zero-order valence-corrected chi connectivity index (χ0v) is 9.00. The van der Waals surface area contributed by atoms with Crippen molar-refractivity contribution in [2.24, 2.45) is 0 Å². The van der Waals surface area contributed by atoms with E-state index in [0.29, 0.717) is 6.42 Å². The monoisotopic (exact) mass is 216 g/mol. The van der Waals surface area contributed by atoms with Crippen molar-refractivity contribution in [1.82, 2.24) is 19.9 Å². The fraction of sp³-hybridized carbons (Fsp3) is 0.364. The Balaban J connectivity index is 2.09. The second kappa shape index (κ2) is 3.30. The molecule has 16 heavy (non-hydrogen) atoms. The number of carbonyl (C=O) groups excluding carboxylic acids is 1. The number of rotatable bonds is 1. The molecule has 0 saturated carbocycles. The smallest absolute Gasteiger partial charge is 0.224 e. The maximum atomic E-state index is 11.5. The lowest BCUT2D eigenvalue weighted by Gasteiger charge is -2.19. The maximum absolute atomic E-state index is 11.5. The highest BCUT2D eigenvalue weighted by Crippen LogP contribution is 2.27. The van der Waals surface area contributed by atoms with E-state index in [2.05, 4.69) is 10.3 Å². The normalized spacial score (nSPS) is 20.9. The zero-order chi connectivity index (χ0) is 11.1. The fourth-order valence-electron chi connectivity index (χ4n) is 2.18. The van der Waals surface area contributed by atoms with E-state index in [1.165, 1.54) is 0 Å². The van der Waals surface area contributed by atoms with Crippen LogP contribution in [-0.2, 0) is 4.79 Å². The van der Waals surface area contributed by atoms with Crippen LogP contribution in [0.2, 0.25) is 0 Å². The molecule has 0 aliphatic carbocycles. The molecular weight excluding hydrogens is 204 g/mol. The van der Waals surface area contributed by atoms with Gasteiger partial charge in [0.1, 0.15) is 11.7 Å². The fourth-order valence-corrected chi connectivity index (χ4v) is 2.18. The number of para-hydroxylation sites is 1. The van der Waals surface area contributed by atoms with Gasteiger partial charge in [0.15, 0.2) is 0 Å². The third-order valence-corrected chi connectivity index (χ3v) is 3.12. The zero-order valence-electron chi connectivity index (χ0n) is 9.00. The molecule has 2 aromatic rings. The molecule has 5 nitrogen and oxygen atoms in total. The van der Waals surface area contributed by atoms with Crippen LogP contribution >= 0.6 is 0 Å². The Labute approximate surface area is 92.6 Å². The summed E-state index contributed by atoms with van der Waals surface area (Å²) in [6.45, 7) is 0. The first-order valence-electron chi connectivity index (χ1n) is 5.33. The molecule has 1 saturated heterocycles. The van der Waals surface area contributed by atoms with Gasteiger partial charge in [-0.3, -0.25) is 4.79 Å². The van der Waals surface area contributed by atoms with E-state index in [-0.39, 0.29) is 12.1 Å². The van der Waals surface area contributed by atoms with Gasteiger partial charge in [0.05, 0.1) is 5.52 Å². The molecule has 2 heterocycles. The minimum atomic E-state index is 0.0138. The van der Waals surface area contributed by atoms with Crippen molar-refractivity contribution in [3.05, 3.63) is 24.3 Å². The summed E-state index contributed by atoms with van der Waals surface area (Å²) in [5, 5.41) is 8.23. The number of amides is 1. The van der Waals surface area contributed by atoms with Crippen molar-refractivity contribution in [1.29, 1.82) is 0 Å². The topological polar surface area (TPSA) is 51.0 Å². The lowest BCUT2D eigenvalue weighted by Crippen LogP contribution is -2.27. The van der Waals surface area contributed by atoms with E-state index in [1.807, 2.05) is 36.0 Å². The van der Waals surface area contributed by atoms with Crippen LogP contribution in [-0.4, -0.2) is 32.8 Å². The van der Waals surface area contributed by atoms with E-state index in [0.717, 1.165) is 17.5 Å². The summed E-state index contributed by atoms with van der Waals surface area (Å²) in [4.78, 5) is 13.2. The Hall–Kier alpha value is -1.91. The number of carbonyl (C=O) groups is 1. The Morgan fingerprint density at radius 2 is 2.19 bits per heavy atom. The minimum absolute atomic E-state index is 0.0138. The number of likely N-dealkylation sites (tertiary alicyclic amines) is 1. The SMILES string of the molecule is CN1C(=O)CC[C@H]1n1nnc2ccccc21. The van der Waals surface area contributed by atoms with Crippen molar-refractivity contribution in [3.8, 4) is 0 Å². The number of hydrogen-bond acceptors (Lipinski definition) is 3. The molecule has 1 aromatic heterocycles. The first-order valence-corrected chi connectivity index (χ1v) is 5.33. The van der Waals surface area contributed by atoms with Gasteiger partial charge >= 0.3 is 0 Å². The number of aromatic nitrogens is 3. The molecule has 3 rings (SSSR count). The van der Waals surface area contributed by atoms with Crippen LogP contribution in [0.5, 0.6) is 0 Å². The molecule has 0 spiro atoms. The number of hydrogen-bond donors (Lipinski definition) is 0. The molecule has 0 unspecified atom stereocenters. The average molecular weight is 216 g/mol. The molecule has 1 aliphatic rings. The van der Waals surface area contributed by atoms with E-state index >= 15 is 0 Å². The van der Waals surface area contributed by atoms with Crippen molar-refractivity contribution in [2.45, 2.75) is 19.0 Å². The maximum Gasteiger partial charge on any atom is 0.224 e. The summed E-state index contributed by atoms with van der Waals surface area (Å²) in [5.41, 5.74) is 1.85. The second-order valence-electron chi connectivity index (χ2n) is 4.05. The van der Waals surface area contributed by atoms with Crippen LogP contribution in [0.1, 0.15) is 19.0 Å². The Morgan fingerprint density at radius 1 is 1.38 bits per heavy atom. The highest BCUT2D eigenvalue weighted by molar-refractivity contribution is 5.79. The average Bonchev–Trinajstić information content (AvgIpc) is 2.85. The van der Waals surface area contributed by atoms with Crippen molar-refractivity contribution in [3.63, 3.8) is 0 Å². The summed E-state index contributed by atoms with van der Waals surface area (Å²) >= 11 is 0. The Morgan fingerprint density at radius 3 is 2.94 bits per heavy atom. The van der Waals surface area contributed by atoms with Crippen LogP contribution in [0.4, 0.5) is 0 Å². The minimum Gasteiger partial charge on any atom is -0.323 e. The number of fused-ring (bicyclic) bond motifs is 1. The molecule has 0 radical (unpaired) electrons. The lowest BCUT2D eigenvalue weighted by molar-refractivity contribution is -0.128. The van der Waals surface area contributed by atoms with E-state index in [9.17, 15) is 4.79 Å². The first-order chi connectivity index (χ1) is 7.77. The molecule has 82 valence electrons.